The predicted molar refractivity (Wildman–Crippen MR) is 108 cm³/mol. The molecule has 1 aliphatic heterocycles. The number of hydrogen-bond donors (Lipinski definition) is 3. The third kappa shape index (κ3) is 5.47. The standard InChI is InChI=1S/C20H30N6O/c1-3-21-20(22-14-17-10-11-24-25-17)23-15-19(26-12-4-5-13-26)16-6-8-18(27-2)9-7-16/h6-11,19H,3-5,12-15H2,1-2H3,(H,24,25)(H2,21,22,23). The Morgan fingerprint density at radius 1 is 1.22 bits per heavy atom. The van der Waals surface area contributed by atoms with Gasteiger partial charge in [0.25, 0.3) is 0 Å². The molecule has 0 aliphatic carbocycles. The van der Waals surface area contributed by atoms with Gasteiger partial charge in [0.05, 0.1) is 25.4 Å². The van der Waals surface area contributed by atoms with Gasteiger partial charge in [0.15, 0.2) is 5.96 Å². The summed E-state index contributed by atoms with van der Waals surface area (Å²) in [6, 6.07) is 10.7. The van der Waals surface area contributed by atoms with Crippen LogP contribution in [0.5, 0.6) is 5.75 Å². The first-order chi connectivity index (χ1) is 13.3. The van der Waals surface area contributed by atoms with Gasteiger partial charge in [-0.1, -0.05) is 12.1 Å². The second-order valence-electron chi connectivity index (χ2n) is 6.69. The lowest BCUT2D eigenvalue weighted by Gasteiger charge is -2.29. The summed E-state index contributed by atoms with van der Waals surface area (Å²) in [5.74, 6) is 1.71. The molecule has 1 aromatic heterocycles. The molecule has 3 rings (SSSR count). The van der Waals surface area contributed by atoms with Crippen molar-refractivity contribution in [2.45, 2.75) is 32.4 Å². The zero-order valence-corrected chi connectivity index (χ0v) is 16.2. The molecule has 1 aromatic carbocycles. The van der Waals surface area contributed by atoms with Crippen molar-refractivity contribution in [2.75, 3.05) is 33.3 Å². The topological polar surface area (TPSA) is 77.6 Å². The highest BCUT2D eigenvalue weighted by atomic mass is 16.5. The largest absolute Gasteiger partial charge is 0.497 e. The molecule has 7 nitrogen and oxygen atoms in total. The molecule has 1 aliphatic rings. The summed E-state index contributed by atoms with van der Waals surface area (Å²) in [7, 11) is 1.70. The number of H-pyrrole nitrogens is 1. The number of nitrogens with one attached hydrogen (secondary N) is 3. The molecule has 0 amide bonds. The highest BCUT2D eigenvalue weighted by molar-refractivity contribution is 5.79. The molecule has 27 heavy (non-hydrogen) atoms. The maximum atomic E-state index is 5.31. The van der Waals surface area contributed by atoms with E-state index in [0.29, 0.717) is 12.6 Å². The highest BCUT2D eigenvalue weighted by Crippen LogP contribution is 2.26. The van der Waals surface area contributed by atoms with Crippen molar-refractivity contribution in [1.29, 1.82) is 0 Å². The van der Waals surface area contributed by atoms with Crippen molar-refractivity contribution in [3.8, 4) is 5.75 Å². The highest BCUT2D eigenvalue weighted by Gasteiger charge is 2.23. The quantitative estimate of drug-likeness (QED) is 0.491. The van der Waals surface area contributed by atoms with Crippen LogP contribution < -0.4 is 15.4 Å². The average Bonchev–Trinajstić information content (AvgIpc) is 3.41. The molecule has 0 spiro atoms. The fourth-order valence-corrected chi connectivity index (χ4v) is 3.41. The molecule has 0 saturated carbocycles. The van der Waals surface area contributed by atoms with Crippen LogP contribution in [-0.2, 0) is 6.54 Å². The van der Waals surface area contributed by atoms with Crippen molar-refractivity contribution in [1.82, 2.24) is 25.7 Å². The zero-order valence-electron chi connectivity index (χ0n) is 16.2. The SMILES string of the molecule is CCNC(=NCc1ccn[nH]1)NCC(c1ccc(OC)cc1)N1CCCC1. The first-order valence-electron chi connectivity index (χ1n) is 9.68. The number of likely N-dealkylation sites (tertiary alicyclic amines) is 1. The average molecular weight is 371 g/mol. The number of aromatic nitrogens is 2. The first-order valence-corrected chi connectivity index (χ1v) is 9.68. The molecule has 1 atom stereocenters. The second-order valence-corrected chi connectivity index (χ2v) is 6.69. The number of benzene rings is 1. The fraction of sp³-hybridized carbons (Fsp3) is 0.500. The molecular weight excluding hydrogens is 340 g/mol. The van der Waals surface area contributed by atoms with E-state index in [1.165, 1.54) is 18.4 Å². The van der Waals surface area contributed by atoms with Crippen LogP contribution in [0.25, 0.3) is 0 Å². The number of guanidine groups is 1. The lowest BCUT2D eigenvalue weighted by atomic mass is 10.1. The number of hydrogen-bond acceptors (Lipinski definition) is 4. The van der Waals surface area contributed by atoms with Crippen molar-refractivity contribution in [3.05, 3.63) is 47.8 Å². The van der Waals surface area contributed by atoms with Crippen molar-refractivity contribution >= 4 is 5.96 Å². The molecule has 7 heteroatoms. The molecule has 2 aromatic rings. The van der Waals surface area contributed by atoms with Crippen molar-refractivity contribution < 1.29 is 4.74 Å². The van der Waals surface area contributed by atoms with Crippen LogP contribution in [0.4, 0.5) is 0 Å². The Kier molecular flexibility index (Phi) is 7.10. The minimum absolute atomic E-state index is 0.314. The molecule has 0 radical (unpaired) electrons. The van der Waals surface area contributed by atoms with E-state index in [9.17, 15) is 0 Å². The van der Waals surface area contributed by atoms with Gasteiger partial charge in [-0.05, 0) is 56.6 Å². The third-order valence-electron chi connectivity index (χ3n) is 4.86. The number of methoxy groups -OCH3 is 1. The van der Waals surface area contributed by atoms with Gasteiger partial charge in [0, 0.05) is 19.3 Å². The summed E-state index contributed by atoms with van der Waals surface area (Å²) in [5.41, 5.74) is 2.30. The van der Waals surface area contributed by atoms with E-state index in [1.54, 1.807) is 13.3 Å². The van der Waals surface area contributed by atoms with Gasteiger partial charge < -0.3 is 15.4 Å². The number of aliphatic imine (C=N–C) groups is 1. The molecule has 1 unspecified atom stereocenters. The van der Waals surface area contributed by atoms with Gasteiger partial charge in [-0.15, -0.1) is 0 Å². The Hall–Kier alpha value is -2.54. The normalized spacial score (nSPS) is 16.3. The lowest BCUT2D eigenvalue weighted by molar-refractivity contribution is 0.245. The van der Waals surface area contributed by atoms with Crippen LogP contribution in [0.2, 0.25) is 0 Å². The molecule has 1 fully saturated rings. The van der Waals surface area contributed by atoms with E-state index >= 15 is 0 Å². The minimum atomic E-state index is 0.314. The maximum Gasteiger partial charge on any atom is 0.191 e. The number of ether oxygens (including phenoxy) is 1. The molecular formula is C20H30N6O. The third-order valence-corrected chi connectivity index (χ3v) is 4.86. The monoisotopic (exact) mass is 370 g/mol. The Morgan fingerprint density at radius 3 is 2.63 bits per heavy atom. The van der Waals surface area contributed by atoms with Crippen LogP contribution in [-0.4, -0.2) is 54.3 Å². The summed E-state index contributed by atoms with van der Waals surface area (Å²) in [5, 5.41) is 13.8. The van der Waals surface area contributed by atoms with Crippen LogP contribution >= 0.6 is 0 Å². The Bertz CT molecular complexity index is 692. The van der Waals surface area contributed by atoms with E-state index in [2.05, 4.69) is 49.8 Å². The van der Waals surface area contributed by atoms with Crippen molar-refractivity contribution in [2.24, 2.45) is 4.99 Å². The molecule has 2 heterocycles. The van der Waals surface area contributed by atoms with Crippen LogP contribution in [0, 0.1) is 0 Å². The van der Waals surface area contributed by atoms with Gasteiger partial charge in [0.1, 0.15) is 5.75 Å². The van der Waals surface area contributed by atoms with Gasteiger partial charge in [-0.3, -0.25) is 10.00 Å². The lowest BCUT2D eigenvalue weighted by Crippen LogP contribution is -2.42. The zero-order chi connectivity index (χ0) is 18.9. The van der Waals surface area contributed by atoms with Crippen molar-refractivity contribution in [3.63, 3.8) is 0 Å². The second kappa shape index (κ2) is 9.97. The summed E-state index contributed by atoms with van der Waals surface area (Å²) in [4.78, 5) is 7.21. The molecule has 0 bridgehead atoms. The van der Waals surface area contributed by atoms with E-state index in [4.69, 9.17) is 4.74 Å². The van der Waals surface area contributed by atoms with Crippen LogP contribution in [0.3, 0.4) is 0 Å². The van der Waals surface area contributed by atoms with Gasteiger partial charge in [-0.2, -0.15) is 5.10 Å². The van der Waals surface area contributed by atoms with Crippen LogP contribution in [0.1, 0.15) is 37.1 Å². The number of rotatable bonds is 8. The summed E-state index contributed by atoms with van der Waals surface area (Å²) in [6.07, 6.45) is 4.28. The Morgan fingerprint density at radius 2 is 2.00 bits per heavy atom. The summed E-state index contributed by atoms with van der Waals surface area (Å²) < 4.78 is 5.31. The van der Waals surface area contributed by atoms with Gasteiger partial charge >= 0.3 is 0 Å². The Labute approximate surface area is 161 Å². The summed E-state index contributed by atoms with van der Waals surface area (Å²) >= 11 is 0. The first kappa shape index (κ1) is 19.2. The number of nitrogens with zero attached hydrogens (tertiary/aromatic N) is 3. The van der Waals surface area contributed by atoms with E-state index in [0.717, 1.165) is 43.6 Å². The van der Waals surface area contributed by atoms with Crippen LogP contribution in [0.15, 0.2) is 41.5 Å². The maximum absolute atomic E-state index is 5.31. The van der Waals surface area contributed by atoms with Gasteiger partial charge in [0.2, 0.25) is 0 Å². The van der Waals surface area contributed by atoms with E-state index < -0.39 is 0 Å². The van der Waals surface area contributed by atoms with E-state index in [1.807, 2.05) is 18.2 Å². The van der Waals surface area contributed by atoms with Gasteiger partial charge in [-0.25, -0.2) is 4.99 Å². The molecule has 3 N–H and O–H groups in total. The smallest absolute Gasteiger partial charge is 0.191 e. The fourth-order valence-electron chi connectivity index (χ4n) is 3.41. The number of aromatic amines is 1. The molecule has 146 valence electrons. The van der Waals surface area contributed by atoms with E-state index in [-0.39, 0.29) is 0 Å². The predicted octanol–water partition coefficient (Wildman–Crippen LogP) is 2.31. The Balaban J connectivity index is 1.68. The minimum Gasteiger partial charge on any atom is -0.497 e. The summed E-state index contributed by atoms with van der Waals surface area (Å²) in [6.45, 7) is 6.56. The molecule has 1 saturated heterocycles.